The van der Waals surface area contributed by atoms with E-state index in [1.807, 2.05) is 12.1 Å². The molecule has 0 spiro atoms. The highest BCUT2D eigenvalue weighted by molar-refractivity contribution is 5.92. The van der Waals surface area contributed by atoms with Crippen LogP contribution in [0, 0.1) is 11.8 Å². The molecule has 2 saturated heterocycles. The Morgan fingerprint density at radius 1 is 1.17 bits per heavy atom. The molecule has 0 radical (unpaired) electrons. The van der Waals surface area contributed by atoms with Crippen molar-refractivity contribution in [1.82, 2.24) is 10.2 Å². The minimum atomic E-state index is 0. The lowest BCUT2D eigenvalue weighted by molar-refractivity contribution is -0.119. The highest BCUT2D eigenvalue weighted by Gasteiger charge is 2.22. The molecular formula is C18H29Cl2N3O. The summed E-state index contributed by atoms with van der Waals surface area (Å²) in [6.45, 7) is 7.52. The van der Waals surface area contributed by atoms with E-state index in [-0.39, 0.29) is 36.6 Å². The van der Waals surface area contributed by atoms with Crippen LogP contribution in [0.1, 0.15) is 31.7 Å². The molecule has 2 fully saturated rings. The van der Waals surface area contributed by atoms with Crippen LogP contribution >= 0.6 is 24.8 Å². The summed E-state index contributed by atoms with van der Waals surface area (Å²) in [6, 6.07) is 8.34. The summed E-state index contributed by atoms with van der Waals surface area (Å²) in [5.74, 6) is 1.14. The van der Waals surface area contributed by atoms with Crippen LogP contribution in [0.5, 0.6) is 0 Å². The van der Waals surface area contributed by atoms with E-state index in [0.717, 1.165) is 37.7 Å². The van der Waals surface area contributed by atoms with Gasteiger partial charge in [-0.15, -0.1) is 24.8 Å². The van der Waals surface area contributed by atoms with E-state index in [2.05, 4.69) is 34.6 Å². The number of hydrogen-bond donors (Lipinski definition) is 2. The van der Waals surface area contributed by atoms with Crippen molar-refractivity contribution in [2.75, 3.05) is 31.5 Å². The smallest absolute Gasteiger partial charge is 0.228 e. The molecular weight excluding hydrogens is 345 g/mol. The Hall–Kier alpha value is -0.810. The van der Waals surface area contributed by atoms with Crippen LogP contribution in [-0.2, 0) is 11.3 Å². The van der Waals surface area contributed by atoms with Gasteiger partial charge in [-0.05, 0) is 62.5 Å². The van der Waals surface area contributed by atoms with Crippen molar-refractivity contribution in [1.29, 1.82) is 0 Å². The first-order valence-corrected chi connectivity index (χ1v) is 8.53. The lowest BCUT2D eigenvalue weighted by Gasteiger charge is -2.30. The number of carbonyl (C=O) groups excluding carboxylic acids is 1. The molecule has 4 nitrogen and oxygen atoms in total. The number of benzene rings is 1. The van der Waals surface area contributed by atoms with Crippen LogP contribution in [0.2, 0.25) is 0 Å². The maximum Gasteiger partial charge on any atom is 0.228 e. The summed E-state index contributed by atoms with van der Waals surface area (Å²) in [6.07, 6.45) is 3.56. The van der Waals surface area contributed by atoms with Crippen molar-refractivity contribution < 1.29 is 4.79 Å². The molecule has 1 atom stereocenters. The van der Waals surface area contributed by atoms with Crippen molar-refractivity contribution in [2.45, 2.75) is 32.7 Å². The normalized spacial score (nSPS) is 21.6. The zero-order valence-corrected chi connectivity index (χ0v) is 15.9. The van der Waals surface area contributed by atoms with Crippen molar-refractivity contribution >= 4 is 36.4 Å². The Bertz CT molecular complexity index is 495. The molecule has 1 aromatic rings. The Balaban J connectivity index is 0.00000144. The molecule has 2 aliphatic rings. The number of amides is 1. The predicted octanol–water partition coefficient (Wildman–Crippen LogP) is 3.31. The van der Waals surface area contributed by atoms with Crippen LogP contribution in [0.25, 0.3) is 0 Å². The lowest BCUT2D eigenvalue weighted by atomic mass is 9.99. The Morgan fingerprint density at radius 2 is 1.83 bits per heavy atom. The second-order valence-electron chi connectivity index (χ2n) is 6.83. The van der Waals surface area contributed by atoms with E-state index in [9.17, 15) is 4.79 Å². The number of nitrogens with zero attached hydrogens (tertiary/aromatic N) is 1. The predicted molar refractivity (Wildman–Crippen MR) is 104 cm³/mol. The summed E-state index contributed by atoms with van der Waals surface area (Å²) >= 11 is 0. The molecule has 0 bridgehead atoms. The first-order valence-electron chi connectivity index (χ1n) is 8.53. The van der Waals surface area contributed by atoms with E-state index >= 15 is 0 Å². The number of halogens is 2. The van der Waals surface area contributed by atoms with Gasteiger partial charge >= 0.3 is 0 Å². The fourth-order valence-electron chi connectivity index (χ4n) is 3.29. The Kier molecular flexibility index (Phi) is 9.06. The van der Waals surface area contributed by atoms with Gasteiger partial charge in [-0.2, -0.15) is 0 Å². The second kappa shape index (κ2) is 10.2. The van der Waals surface area contributed by atoms with E-state index in [4.69, 9.17) is 0 Å². The van der Waals surface area contributed by atoms with Gasteiger partial charge in [-0.1, -0.05) is 19.1 Å². The fraction of sp³-hybridized carbons (Fsp3) is 0.611. The molecule has 3 rings (SSSR count). The van der Waals surface area contributed by atoms with Crippen LogP contribution in [0.4, 0.5) is 5.69 Å². The van der Waals surface area contributed by atoms with E-state index < -0.39 is 0 Å². The number of likely N-dealkylation sites (tertiary alicyclic amines) is 1. The SMILES string of the molecule is CC1CCN(Cc2ccc(NC(=O)C3CCNC3)cc2)CC1.Cl.Cl. The first kappa shape index (κ1) is 21.2. The molecule has 1 amide bonds. The summed E-state index contributed by atoms with van der Waals surface area (Å²) in [5.41, 5.74) is 2.24. The molecule has 6 heteroatoms. The van der Waals surface area contributed by atoms with Gasteiger partial charge in [0.2, 0.25) is 5.91 Å². The Labute approximate surface area is 157 Å². The number of carbonyl (C=O) groups is 1. The van der Waals surface area contributed by atoms with E-state index in [1.54, 1.807) is 0 Å². The molecule has 0 aromatic heterocycles. The molecule has 24 heavy (non-hydrogen) atoms. The average Bonchev–Trinajstić information content (AvgIpc) is 3.06. The second-order valence-corrected chi connectivity index (χ2v) is 6.83. The highest BCUT2D eigenvalue weighted by Crippen LogP contribution is 2.19. The van der Waals surface area contributed by atoms with Gasteiger partial charge in [0.1, 0.15) is 0 Å². The number of hydrogen-bond acceptors (Lipinski definition) is 3. The van der Waals surface area contributed by atoms with Gasteiger partial charge in [0.25, 0.3) is 0 Å². The van der Waals surface area contributed by atoms with Crippen molar-refractivity contribution in [3.05, 3.63) is 29.8 Å². The number of anilines is 1. The topological polar surface area (TPSA) is 44.4 Å². The minimum absolute atomic E-state index is 0. The van der Waals surface area contributed by atoms with Gasteiger partial charge in [0.15, 0.2) is 0 Å². The van der Waals surface area contributed by atoms with Crippen LogP contribution in [0.15, 0.2) is 24.3 Å². The van der Waals surface area contributed by atoms with Crippen molar-refractivity contribution in [3.8, 4) is 0 Å². The maximum absolute atomic E-state index is 12.1. The molecule has 136 valence electrons. The third-order valence-corrected chi connectivity index (χ3v) is 4.94. The van der Waals surface area contributed by atoms with Crippen LogP contribution < -0.4 is 10.6 Å². The van der Waals surface area contributed by atoms with Crippen LogP contribution in [-0.4, -0.2) is 37.0 Å². The molecule has 0 aliphatic carbocycles. The average molecular weight is 374 g/mol. The molecule has 2 N–H and O–H groups in total. The third-order valence-electron chi connectivity index (χ3n) is 4.94. The number of piperidine rings is 1. The zero-order valence-electron chi connectivity index (χ0n) is 14.3. The van der Waals surface area contributed by atoms with Crippen molar-refractivity contribution in [2.24, 2.45) is 11.8 Å². The van der Waals surface area contributed by atoms with Gasteiger partial charge in [-0.3, -0.25) is 9.69 Å². The molecule has 1 unspecified atom stereocenters. The Morgan fingerprint density at radius 3 is 2.42 bits per heavy atom. The van der Waals surface area contributed by atoms with E-state index in [0.29, 0.717) is 0 Å². The maximum atomic E-state index is 12.1. The van der Waals surface area contributed by atoms with Gasteiger partial charge in [0, 0.05) is 18.8 Å². The number of nitrogens with one attached hydrogen (secondary N) is 2. The van der Waals surface area contributed by atoms with Crippen molar-refractivity contribution in [3.63, 3.8) is 0 Å². The van der Waals surface area contributed by atoms with E-state index in [1.165, 1.54) is 31.5 Å². The van der Waals surface area contributed by atoms with Crippen LogP contribution in [0.3, 0.4) is 0 Å². The molecule has 1 aromatic carbocycles. The summed E-state index contributed by atoms with van der Waals surface area (Å²) < 4.78 is 0. The third kappa shape index (κ3) is 5.92. The van der Waals surface area contributed by atoms with Gasteiger partial charge < -0.3 is 10.6 Å². The minimum Gasteiger partial charge on any atom is -0.326 e. The van der Waals surface area contributed by atoms with Gasteiger partial charge in [0.05, 0.1) is 5.92 Å². The largest absolute Gasteiger partial charge is 0.326 e. The fourth-order valence-corrected chi connectivity index (χ4v) is 3.29. The molecule has 2 heterocycles. The monoisotopic (exact) mass is 373 g/mol. The summed E-state index contributed by atoms with van der Waals surface area (Å²) in [5, 5.41) is 6.26. The standard InChI is InChI=1S/C18H27N3O.2ClH/c1-14-7-10-21(11-8-14)13-15-2-4-17(5-3-15)20-18(22)16-6-9-19-12-16;;/h2-5,14,16,19H,6-13H2,1H3,(H,20,22);2*1H. The molecule has 2 aliphatic heterocycles. The summed E-state index contributed by atoms with van der Waals surface area (Å²) in [4.78, 5) is 14.6. The zero-order chi connectivity index (χ0) is 15.4. The quantitative estimate of drug-likeness (QED) is 0.850. The first-order chi connectivity index (χ1) is 10.7. The van der Waals surface area contributed by atoms with Gasteiger partial charge in [-0.25, -0.2) is 0 Å². The molecule has 0 saturated carbocycles. The number of rotatable bonds is 4. The highest BCUT2D eigenvalue weighted by atomic mass is 35.5. The summed E-state index contributed by atoms with van der Waals surface area (Å²) in [7, 11) is 0. The lowest BCUT2D eigenvalue weighted by Crippen LogP contribution is -2.32.